The minimum atomic E-state index is -1.19. The number of benzene rings is 1. The summed E-state index contributed by atoms with van der Waals surface area (Å²) in [5.74, 6) is -2.30. The van der Waals surface area contributed by atoms with Gasteiger partial charge in [0, 0.05) is 0 Å². The number of halogens is 3. The fourth-order valence-electron chi connectivity index (χ4n) is 0.871. The molecule has 0 bridgehead atoms. The van der Waals surface area contributed by atoms with Crippen molar-refractivity contribution >= 4 is 16.8 Å². The van der Waals surface area contributed by atoms with E-state index in [4.69, 9.17) is 11.6 Å². The van der Waals surface area contributed by atoms with E-state index in [1.807, 2.05) is 0 Å². The molecule has 0 saturated heterocycles. The molecule has 0 aliphatic carbocycles. The highest BCUT2D eigenvalue weighted by atomic mass is 35.5. The van der Waals surface area contributed by atoms with Crippen LogP contribution in [0.25, 0.3) is 0 Å². The highest BCUT2D eigenvalue weighted by molar-refractivity contribution is 6.67. The molecule has 2 nitrogen and oxygen atoms in total. The second-order valence-electron chi connectivity index (χ2n) is 2.21. The summed E-state index contributed by atoms with van der Waals surface area (Å²) in [6.07, 6.45) is 0. The minimum absolute atomic E-state index is 0.217. The summed E-state index contributed by atoms with van der Waals surface area (Å²) in [5, 5.41) is -1.19. The third-order valence-electron chi connectivity index (χ3n) is 1.47. The van der Waals surface area contributed by atoms with Crippen molar-refractivity contribution in [3.63, 3.8) is 0 Å². The largest absolute Gasteiger partial charge is 0.494 e. The van der Waals surface area contributed by atoms with Crippen molar-refractivity contribution in [2.45, 2.75) is 0 Å². The first kappa shape index (κ1) is 9.92. The van der Waals surface area contributed by atoms with Gasteiger partial charge >= 0.3 is 0 Å². The van der Waals surface area contributed by atoms with Gasteiger partial charge < -0.3 is 4.74 Å². The van der Waals surface area contributed by atoms with E-state index in [1.54, 1.807) is 0 Å². The summed E-state index contributed by atoms with van der Waals surface area (Å²) in [4.78, 5) is 10.6. The zero-order valence-corrected chi connectivity index (χ0v) is 7.36. The molecule has 0 N–H and O–H groups in total. The summed E-state index contributed by atoms with van der Waals surface area (Å²) in [7, 11) is 1.21. The molecular formula is C8H5ClF2O2. The van der Waals surface area contributed by atoms with Crippen molar-refractivity contribution in [3.05, 3.63) is 29.3 Å². The third kappa shape index (κ3) is 1.78. The quantitative estimate of drug-likeness (QED) is 0.695. The van der Waals surface area contributed by atoms with Crippen molar-refractivity contribution in [1.82, 2.24) is 0 Å². The van der Waals surface area contributed by atoms with Gasteiger partial charge in [-0.15, -0.1) is 0 Å². The first-order valence-corrected chi connectivity index (χ1v) is 3.67. The Hall–Kier alpha value is -1.16. The number of carbonyl (C=O) groups is 1. The van der Waals surface area contributed by atoms with Crippen LogP contribution in [-0.4, -0.2) is 12.4 Å². The maximum absolute atomic E-state index is 13.1. The fraction of sp³-hybridized carbons (Fsp3) is 0.125. The van der Waals surface area contributed by atoms with Crippen LogP contribution in [0.2, 0.25) is 0 Å². The Labute approximate surface area is 78.1 Å². The molecule has 0 amide bonds. The lowest BCUT2D eigenvalue weighted by molar-refractivity contribution is 0.107. The summed E-state index contributed by atoms with van der Waals surface area (Å²) < 4.78 is 30.5. The van der Waals surface area contributed by atoms with Gasteiger partial charge in [-0.2, -0.15) is 0 Å². The van der Waals surface area contributed by atoms with Gasteiger partial charge in [0.1, 0.15) is 11.4 Å². The van der Waals surface area contributed by atoms with E-state index >= 15 is 0 Å². The molecule has 1 aromatic rings. The molecule has 5 heteroatoms. The second-order valence-corrected chi connectivity index (χ2v) is 2.56. The normalized spacial score (nSPS) is 9.85. The van der Waals surface area contributed by atoms with E-state index in [0.717, 1.165) is 12.1 Å². The Bertz CT molecular complexity index is 352. The lowest BCUT2D eigenvalue weighted by Crippen LogP contribution is -2.01. The van der Waals surface area contributed by atoms with E-state index in [9.17, 15) is 13.6 Å². The summed E-state index contributed by atoms with van der Waals surface area (Å²) >= 11 is 4.97. The molecule has 13 heavy (non-hydrogen) atoms. The topological polar surface area (TPSA) is 26.3 Å². The Morgan fingerprint density at radius 1 is 1.46 bits per heavy atom. The summed E-state index contributed by atoms with van der Waals surface area (Å²) in [6.45, 7) is 0. The van der Waals surface area contributed by atoms with E-state index in [-0.39, 0.29) is 5.75 Å². The van der Waals surface area contributed by atoms with E-state index in [0.29, 0.717) is 0 Å². The molecule has 0 aliphatic rings. The van der Waals surface area contributed by atoms with Gasteiger partial charge in [0.25, 0.3) is 5.24 Å². The maximum atomic E-state index is 13.1. The van der Waals surface area contributed by atoms with Crippen molar-refractivity contribution in [2.75, 3.05) is 7.11 Å². The molecule has 0 unspecified atom stereocenters. The molecule has 0 aromatic heterocycles. The van der Waals surface area contributed by atoms with Gasteiger partial charge in [-0.3, -0.25) is 4.79 Å². The van der Waals surface area contributed by atoms with Crippen LogP contribution in [0.5, 0.6) is 5.75 Å². The predicted octanol–water partition coefficient (Wildman–Crippen LogP) is 2.35. The van der Waals surface area contributed by atoms with Crippen LogP contribution in [0.1, 0.15) is 10.4 Å². The molecule has 0 radical (unpaired) electrons. The van der Waals surface area contributed by atoms with E-state index in [2.05, 4.69) is 4.74 Å². The van der Waals surface area contributed by atoms with Gasteiger partial charge in [-0.05, 0) is 23.7 Å². The van der Waals surface area contributed by atoms with Crippen LogP contribution in [-0.2, 0) is 0 Å². The van der Waals surface area contributed by atoms with Crippen molar-refractivity contribution in [3.8, 4) is 5.75 Å². The van der Waals surface area contributed by atoms with Crippen LogP contribution in [0.15, 0.2) is 12.1 Å². The van der Waals surface area contributed by atoms with Gasteiger partial charge in [0.05, 0.1) is 7.11 Å². The molecule has 0 aliphatic heterocycles. The molecule has 1 aromatic carbocycles. The first-order chi connectivity index (χ1) is 6.07. The average molecular weight is 207 g/mol. The van der Waals surface area contributed by atoms with Crippen molar-refractivity contribution < 1.29 is 18.3 Å². The van der Waals surface area contributed by atoms with Crippen LogP contribution in [0.3, 0.4) is 0 Å². The Morgan fingerprint density at radius 3 is 2.54 bits per heavy atom. The fourth-order valence-corrected chi connectivity index (χ4v) is 1.04. The molecule has 0 atom stereocenters. The monoisotopic (exact) mass is 206 g/mol. The highest BCUT2D eigenvalue weighted by Gasteiger charge is 2.18. The van der Waals surface area contributed by atoms with Gasteiger partial charge in [-0.1, -0.05) is 0 Å². The molecule has 0 spiro atoms. The first-order valence-electron chi connectivity index (χ1n) is 3.29. The lowest BCUT2D eigenvalue weighted by Gasteiger charge is -2.04. The van der Waals surface area contributed by atoms with Gasteiger partial charge in [0.2, 0.25) is 0 Å². The zero-order valence-electron chi connectivity index (χ0n) is 6.61. The van der Waals surface area contributed by atoms with Crippen LogP contribution >= 0.6 is 11.6 Å². The molecular weight excluding hydrogens is 202 g/mol. The number of ether oxygens (including phenoxy) is 1. The Balaban J connectivity index is 3.38. The third-order valence-corrected chi connectivity index (χ3v) is 1.66. The summed E-state index contributed by atoms with van der Waals surface area (Å²) in [6, 6.07) is 1.99. The minimum Gasteiger partial charge on any atom is -0.494 e. The van der Waals surface area contributed by atoms with Crippen molar-refractivity contribution in [1.29, 1.82) is 0 Å². The van der Waals surface area contributed by atoms with Crippen LogP contribution < -0.4 is 4.74 Å². The number of carbonyl (C=O) groups excluding carboxylic acids is 1. The number of rotatable bonds is 2. The predicted molar refractivity (Wildman–Crippen MR) is 43.1 cm³/mol. The molecule has 1 rings (SSSR count). The molecule has 0 heterocycles. The van der Waals surface area contributed by atoms with E-state index < -0.39 is 22.4 Å². The molecule has 70 valence electrons. The Morgan fingerprint density at radius 2 is 2.08 bits per heavy atom. The number of hydrogen-bond acceptors (Lipinski definition) is 2. The smallest absolute Gasteiger partial charge is 0.258 e. The average Bonchev–Trinajstić information content (AvgIpc) is 2.04. The van der Waals surface area contributed by atoms with E-state index in [1.165, 1.54) is 7.11 Å². The molecule has 0 saturated carbocycles. The lowest BCUT2D eigenvalue weighted by atomic mass is 10.2. The standard InChI is InChI=1S/C8H5ClF2O2/c1-13-5-3-2-4(10)6(7(5)11)8(9)12/h2-3H,1H3. The SMILES string of the molecule is COc1ccc(F)c(C(=O)Cl)c1F. The number of hydrogen-bond donors (Lipinski definition) is 0. The van der Waals surface area contributed by atoms with Crippen LogP contribution in [0, 0.1) is 11.6 Å². The second kappa shape index (κ2) is 3.70. The number of methoxy groups -OCH3 is 1. The Kier molecular flexibility index (Phi) is 2.83. The highest BCUT2D eigenvalue weighted by Crippen LogP contribution is 2.23. The van der Waals surface area contributed by atoms with Crippen molar-refractivity contribution in [2.24, 2.45) is 0 Å². The van der Waals surface area contributed by atoms with Gasteiger partial charge in [-0.25, -0.2) is 8.78 Å². The van der Waals surface area contributed by atoms with Gasteiger partial charge in [0.15, 0.2) is 11.6 Å². The summed E-state index contributed by atoms with van der Waals surface area (Å²) in [5.41, 5.74) is -0.791. The zero-order chi connectivity index (χ0) is 10.0. The van der Waals surface area contributed by atoms with Crippen LogP contribution in [0.4, 0.5) is 8.78 Å². The molecule has 0 fully saturated rings. The maximum Gasteiger partial charge on any atom is 0.258 e.